The Labute approximate surface area is 72.2 Å². The number of hydrogen-bond acceptors (Lipinski definition) is 2. The van der Waals surface area contributed by atoms with Gasteiger partial charge in [0.25, 0.3) is 0 Å². The van der Waals surface area contributed by atoms with E-state index in [9.17, 15) is 4.79 Å². The molecule has 2 heteroatoms. The highest BCUT2D eigenvalue weighted by molar-refractivity contribution is 5.69. The van der Waals surface area contributed by atoms with Gasteiger partial charge in [-0.1, -0.05) is 12.1 Å². The summed E-state index contributed by atoms with van der Waals surface area (Å²) in [6, 6.07) is 7.32. The van der Waals surface area contributed by atoms with E-state index in [1.54, 1.807) is 12.1 Å². The summed E-state index contributed by atoms with van der Waals surface area (Å²) in [5.74, 6) is 0.289. The van der Waals surface area contributed by atoms with Crippen molar-refractivity contribution in [2.45, 2.75) is 13.3 Å². The zero-order valence-electron chi connectivity index (χ0n) is 7.04. The summed E-state index contributed by atoms with van der Waals surface area (Å²) in [4.78, 5) is 10.5. The van der Waals surface area contributed by atoms with Crippen LogP contribution in [-0.2, 0) is 11.2 Å². The molecule has 0 aromatic heterocycles. The molecule has 12 heavy (non-hydrogen) atoms. The lowest BCUT2D eigenvalue weighted by atomic mass is 10.2. The minimum absolute atomic E-state index is 0.294. The largest absolute Gasteiger partial charge is 0.427 e. The van der Waals surface area contributed by atoms with Crippen LogP contribution in [0.3, 0.4) is 0 Å². The van der Waals surface area contributed by atoms with Crippen molar-refractivity contribution in [2.75, 3.05) is 0 Å². The van der Waals surface area contributed by atoms with Crippen molar-refractivity contribution in [3.05, 3.63) is 36.8 Å². The van der Waals surface area contributed by atoms with Gasteiger partial charge < -0.3 is 4.74 Å². The molecular formula is C10H11O2. The fourth-order valence-corrected chi connectivity index (χ4v) is 0.890. The molecule has 0 heterocycles. The molecule has 0 fully saturated rings. The van der Waals surface area contributed by atoms with Crippen LogP contribution in [0.25, 0.3) is 0 Å². The van der Waals surface area contributed by atoms with Gasteiger partial charge in [-0.2, -0.15) is 0 Å². The van der Waals surface area contributed by atoms with Gasteiger partial charge in [0.05, 0.1) is 0 Å². The van der Waals surface area contributed by atoms with Gasteiger partial charge in [0.2, 0.25) is 0 Å². The summed E-state index contributed by atoms with van der Waals surface area (Å²) in [6.07, 6.45) is 0.750. The van der Waals surface area contributed by atoms with E-state index in [-0.39, 0.29) is 5.97 Å². The van der Waals surface area contributed by atoms with Crippen molar-refractivity contribution in [2.24, 2.45) is 0 Å². The standard InChI is InChI=1S/C10H11O2/c1-3-9-4-6-10(7-5-9)12-8(2)11/h4-7H,1,3H2,2H3. The van der Waals surface area contributed by atoms with E-state index < -0.39 is 0 Å². The van der Waals surface area contributed by atoms with Crippen LogP contribution in [0.5, 0.6) is 5.75 Å². The van der Waals surface area contributed by atoms with Crippen molar-refractivity contribution in [1.29, 1.82) is 0 Å². The Morgan fingerprint density at radius 1 is 1.42 bits per heavy atom. The number of carbonyl (C=O) groups is 1. The van der Waals surface area contributed by atoms with Crippen molar-refractivity contribution in [1.82, 2.24) is 0 Å². The van der Waals surface area contributed by atoms with E-state index in [2.05, 4.69) is 6.92 Å². The maximum Gasteiger partial charge on any atom is 0.308 e. The summed E-state index contributed by atoms with van der Waals surface area (Å²) in [7, 11) is 0. The highest BCUT2D eigenvalue weighted by Gasteiger charge is 1.96. The first-order valence-electron chi connectivity index (χ1n) is 3.79. The Bertz CT molecular complexity index is 262. The molecule has 1 rings (SSSR count). The minimum atomic E-state index is -0.294. The summed E-state index contributed by atoms with van der Waals surface area (Å²) in [5.41, 5.74) is 1.13. The topological polar surface area (TPSA) is 26.3 Å². The van der Waals surface area contributed by atoms with E-state index in [0.717, 1.165) is 12.0 Å². The number of rotatable bonds is 2. The molecule has 0 atom stereocenters. The number of ether oxygens (including phenoxy) is 1. The van der Waals surface area contributed by atoms with Crippen LogP contribution in [0.1, 0.15) is 12.5 Å². The summed E-state index contributed by atoms with van der Waals surface area (Å²) < 4.78 is 4.85. The minimum Gasteiger partial charge on any atom is -0.427 e. The first-order valence-corrected chi connectivity index (χ1v) is 3.79. The number of benzene rings is 1. The number of esters is 1. The summed E-state index contributed by atoms with van der Waals surface area (Å²) in [5, 5.41) is 0. The molecule has 1 radical (unpaired) electrons. The molecule has 0 spiro atoms. The maximum atomic E-state index is 10.5. The average Bonchev–Trinajstić information content (AvgIpc) is 2.05. The zero-order chi connectivity index (χ0) is 8.97. The highest BCUT2D eigenvalue weighted by Crippen LogP contribution is 2.12. The molecule has 0 saturated heterocycles. The smallest absolute Gasteiger partial charge is 0.308 e. The predicted molar refractivity (Wildman–Crippen MR) is 46.8 cm³/mol. The fraction of sp³-hybridized carbons (Fsp3) is 0.200. The van der Waals surface area contributed by atoms with Gasteiger partial charge in [-0.25, -0.2) is 0 Å². The lowest BCUT2D eigenvalue weighted by molar-refractivity contribution is -0.131. The quantitative estimate of drug-likeness (QED) is 0.492. The molecule has 0 bridgehead atoms. The molecule has 0 aliphatic heterocycles. The first kappa shape index (κ1) is 8.78. The third-order valence-corrected chi connectivity index (χ3v) is 1.47. The predicted octanol–water partition coefficient (Wildman–Crippen LogP) is 1.99. The van der Waals surface area contributed by atoms with Crippen LogP contribution >= 0.6 is 0 Å². The second-order valence-corrected chi connectivity index (χ2v) is 2.49. The molecule has 2 nitrogen and oxygen atoms in total. The van der Waals surface area contributed by atoms with E-state index in [4.69, 9.17) is 4.74 Å². The number of carbonyl (C=O) groups excluding carboxylic acids is 1. The Kier molecular flexibility index (Phi) is 2.86. The Hall–Kier alpha value is -1.31. The van der Waals surface area contributed by atoms with Crippen LogP contribution in [0.2, 0.25) is 0 Å². The van der Waals surface area contributed by atoms with Gasteiger partial charge >= 0.3 is 5.97 Å². The van der Waals surface area contributed by atoms with Gasteiger partial charge in [-0.05, 0) is 31.0 Å². The van der Waals surface area contributed by atoms with Crippen LogP contribution in [-0.4, -0.2) is 5.97 Å². The summed E-state index contributed by atoms with van der Waals surface area (Å²) in [6.45, 7) is 5.12. The molecule has 0 unspecified atom stereocenters. The average molecular weight is 163 g/mol. The second kappa shape index (κ2) is 3.90. The maximum absolute atomic E-state index is 10.5. The number of hydrogen-bond donors (Lipinski definition) is 0. The van der Waals surface area contributed by atoms with Crippen LogP contribution in [0.15, 0.2) is 24.3 Å². The molecule has 0 saturated carbocycles. The fourth-order valence-electron chi connectivity index (χ4n) is 0.890. The van der Waals surface area contributed by atoms with Gasteiger partial charge in [-0.15, -0.1) is 0 Å². The van der Waals surface area contributed by atoms with Crippen LogP contribution in [0, 0.1) is 6.92 Å². The highest BCUT2D eigenvalue weighted by atomic mass is 16.5. The van der Waals surface area contributed by atoms with Crippen LogP contribution in [0.4, 0.5) is 0 Å². The SMILES string of the molecule is [CH2]Cc1ccc(OC(C)=O)cc1. The molecule has 1 aromatic carbocycles. The third kappa shape index (κ3) is 2.38. The van der Waals surface area contributed by atoms with E-state index in [1.807, 2.05) is 12.1 Å². The van der Waals surface area contributed by atoms with Crippen LogP contribution < -0.4 is 4.74 Å². The molecular weight excluding hydrogens is 152 g/mol. The lowest BCUT2D eigenvalue weighted by Gasteiger charge is -2.01. The van der Waals surface area contributed by atoms with Gasteiger partial charge in [0.1, 0.15) is 5.75 Å². The Morgan fingerprint density at radius 3 is 2.42 bits per heavy atom. The first-order chi connectivity index (χ1) is 5.72. The molecule has 0 aliphatic carbocycles. The van der Waals surface area contributed by atoms with Crippen molar-refractivity contribution in [3.8, 4) is 5.75 Å². The van der Waals surface area contributed by atoms with E-state index >= 15 is 0 Å². The molecule has 0 aliphatic rings. The normalized spacial score (nSPS) is 9.50. The van der Waals surface area contributed by atoms with Gasteiger partial charge in [-0.3, -0.25) is 4.79 Å². The van der Waals surface area contributed by atoms with Gasteiger partial charge in [0, 0.05) is 6.92 Å². The molecule has 63 valence electrons. The van der Waals surface area contributed by atoms with E-state index in [0.29, 0.717) is 5.75 Å². The molecule has 1 aromatic rings. The van der Waals surface area contributed by atoms with Crippen molar-refractivity contribution < 1.29 is 9.53 Å². The lowest BCUT2D eigenvalue weighted by Crippen LogP contribution is -2.00. The van der Waals surface area contributed by atoms with Crippen molar-refractivity contribution >= 4 is 5.97 Å². The summed E-state index contributed by atoms with van der Waals surface area (Å²) >= 11 is 0. The van der Waals surface area contributed by atoms with E-state index in [1.165, 1.54) is 6.92 Å². The zero-order valence-corrected chi connectivity index (χ0v) is 7.04. The van der Waals surface area contributed by atoms with Gasteiger partial charge in [0.15, 0.2) is 0 Å². The van der Waals surface area contributed by atoms with Crippen molar-refractivity contribution in [3.63, 3.8) is 0 Å². The molecule has 0 amide bonds. The Balaban J connectivity index is 2.71. The molecule has 0 N–H and O–H groups in total. The second-order valence-electron chi connectivity index (χ2n) is 2.49. The third-order valence-electron chi connectivity index (χ3n) is 1.47. The monoisotopic (exact) mass is 163 g/mol. The Morgan fingerprint density at radius 2 is 2.00 bits per heavy atom.